The van der Waals surface area contributed by atoms with Crippen molar-refractivity contribution < 1.29 is 19.0 Å². The highest BCUT2D eigenvalue weighted by molar-refractivity contribution is 5.83. The fourth-order valence-corrected chi connectivity index (χ4v) is 2.33. The molecular weight excluding hydrogens is 308 g/mol. The largest absolute Gasteiger partial charge is 0.496 e. The molecule has 0 spiro atoms. The van der Waals surface area contributed by atoms with E-state index in [1.165, 1.54) is 0 Å². The lowest BCUT2D eigenvalue weighted by Gasteiger charge is -2.16. The smallest absolute Gasteiger partial charge is 0.241 e. The van der Waals surface area contributed by atoms with Crippen LogP contribution in [0.5, 0.6) is 17.2 Å². The molecule has 0 saturated carbocycles. The molecule has 3 N–H and O–H groups in total. The van der Waals surface area contributed by atoms with E-state index in [0.717, 1.165) is 11.1 Å². The van der Waals surface area contributed by atoms with Gasteiger partial charge in [0.2, 0.25) is 5.91 Å². The van der Waals surface area contributed by atoms with Crippen molar-refractivity contribution in [2.45, 2.75) is 12.6 Å². The quantitative estimate of drug-likeness (QED) is 0.812. The van der Waals surface area contributed by atoms with Gasteiger partial charge in [-0.2, -0.15) is 0 Å². The van der Waals surface area contributed by atoms with E-state index < -0.39 is 6.04 Å². The van der Waals surface area contributed by atoms with Crippen molar-refractivity contribution in [2.75, 3.05) is 21.3 Å². The number of nitrogens with two attached hydrogens (primary N) is 1. The SMILES string of the molecule is COc1cc(OC)c(OC)cc1CNC(=O)C(N)c1ccccc1. The molecule has 6 heteroatoms. The molecule has 2 aromatic rings. The summed E-state index contributed by atoms with van der Waals surface area (Å²) in [6, 6.07) is 12.0. The summed E-state index contributed by atoms with van der Waals surface area (Å²) in [6.45, 7) is 0.267. The van der Waals surface area contributed by atoms with Crippen LogP contribution in [0.4, 0.5) is 0 Å². The van der Waals surface area contributed by atoms with Crippen molar-refractivity contribution in [2.24, 2.45) is 5.73 Å². The van der Waals surface area contributed by atoms with Crippen LogP contribution in [-0.4, -0.2) is 27.2 Å². The Morgan fingerprint density at radius 1 is 1.00 bits per heavy atom. The molecule has 0 radical (unpaired) electrons. The zero-order valence-electron chi connectivity index (χ0n) is 14.0. The van der Waals surface area contributed by atoms with Crippen molar-refractivity contribution in [3.8, 4) is 17.2 Å². The van der Waals surface area contributed by atoms with Gasteiger partial charge in [0, 0.05) is 18.2 Å². The third kappa shape index (κ3) is 3.97. The molecule has 24 heavy (non-hydrogen) atoms. The van der Waals surface area contributed by atoms with Crippen LogP contribution in [-0.2, 0) is 11.3 Å². The van der Waals surface area contributed by atoms with Gasteiger partial charge in [-0.3, -0.25) is 4.79 Å². The predicted molar refractivity (Wildman–Crippen MR) is 91.3 cm³/mol. The number of rotatable bonds is 7. The normalized spacial score (nSPS) is 11.5. The standard InChI is InChI=1S/C18H22N2O4/c1-22-14-10-16(24-3)15(23-2)9-13(14)11-20-18(21)17(19)12-7-5-4-6-8-12/h4-10,17H,11,19H2,1-3H3,(H,20,21). The van der Waals surface area contributed by atoms with Crippen LogP contribution >= 0.6 is 0 Å². The Labute approximate surface area is 141 Å². The second kappa shape index (κ2) is 8.21. The van der Waals surface area contributed by atoms with E-state index in [-0.39, 0.29) is 12.5 Å². The maximum absolute atomic E-state index is 12.3. The molecule has 1 amide bonds. The van der Waals surface area contributed by atoms with Crippen LogP contribution in [0.15, 0.2) is 42.5 Å². The number of carbonyl (C=O) groups is 1. The summed E-state index contributed by atoms with van der Waals surface area (Å²) in [5, 5.41) is 2.82. The number of benzene rings is 2. The van der Waals surface area contributed by atoms with E-state index in [9.17, 15) is 4.79 Å². The van der Waals surface area contributed by atoms with Crippen LogP contribution in [0.1, 0.15) is 17.2 Å². The first-order chi connectivity index (χ1) is 11.6. The third-order valence-corrected chi connectivity index (χ3v) is 3.68. The third-order valence-electron chi connectivity index (χ3n) is 3.68. The molecule has 0 heterocycles. The van der Waals surface area contributed by atoms with E-state index in [1.807, 2.05) is 30.3 Å². The lowest BCUT2D eigenvalue weighted by atomic mass is 10.1. The zero-order chi connectivity index (χ0) is 17.5. The highest BCUT2D eigenvalue weighted by Gasteiger charge is 2.17. The molecule has 0 fully saturated rings. The Morgan fingerprint density at radius 3 is 2.17 bits per heavy atom. The molecule has 2 aromatic carbocycles. The van der Waals surface area contributed by atoms with Gasteiger partial charge in [-0.1, -0.05) is 30.3 Å². The average Bonchev–Trinajstić information content (AvgIpc) is 2.65. The molecule has 128 valence electrons. The number of ether oxygens (including phenoxy) is 3. The van der Waals surface area contributed by atoms with Crippen molar-refractivity contribution in [3.05, 3.63) is 53.6 Å². The number of nitrogens with one attached hydrogen (secondary N) is 1. The Kier molecular flexibility index (Phi) is 6.03. The van der Waals surface area contributed by atoms with Gasteiger partial charge < -0.3 is 25.3 Å². The van der Waals surface area contributed by atoms with E-state index in [2.05, 4.69) is 5.32 Å². The van der Waals surface area contributed by atoms with Gasteiger partial charge >= 0.3 is 0 Å². The second-order valence-corrected chi connectivity index (χ2v) is 5.13. The second-order valence-electron chi connectivity index (χ2n) is 5.13. The summed E-state index contributed by atoms with van der Waals surface area (Å²) in [5.74, 6) is 1.46. The summed E-state index contributed by atoms with van der Waals surface area (Å²) in [7, 11) is 4.66. The molecule has 0 aliphatic heterocycles. The molecule has 0 aliphatic rings. The van der Waals surface area contributed by atoms with Crippen LogP contribution in [0, 0.1) is 0 Å². The molecule has 0 aromatic heterocycles. The highest BCUT2D eigenvalue weighted by Crippen LogP contribution is 2.34. The first-order valence-electron chi connectivity index (χ1n) is 7.47. The fraction of sp³-hybridized carbons (Fsp3) is 0.278. The lowest BCUT2D eigenvalue weighted by molar-refractivity contribution is -0.122. The minimum atomic E-state index is -0.725. The topological polar surface area (TPSA) is 82.8 Å². The predicted octanol–water partition coefficient (Wildman–Crippen LogP) is 2.03. The van der Waals surface area contributed by atoms with E-state index in [1.54, 1.807) is 33.5 Å². The summed E-state index contributed by atoms with van der Waals surface area (Å²) >= 11 is 0. The molecular formula is C18H22N2O4. The van der Waals surface area contributed by atoms with Crippen LogP contribution < -0.4 is 25.3 Å². The van der Waals surface area contributed by atoms with Gasteiger partial charge in [0.25, 0.3) is 0 Å². The Morgan fingerprint density at radius 2 is 1.58 bits per heavy atom. The number of hydrogen-bond acceptors (Lipinski definition) is 5. The van der Waals surface area contributed by atoms with Crippen molar-refractivity contribution in [1.29, 1.82) is 0 Å². The fourth-order valence-electron chi connectivity index (χ4n) is 2.33. The number of methoxy groups -OCH3 is 3. The van der Waals surface area contributed by atoms with Gasteiger partial charge in [-0.05, 0) is 11.6 Å². The molecule has 0 saturated heterocycles. The van der Waals surface area contributed by atoms with E-state index >= 15 is 0 Å². The molecule has 0 aliphatic carbocycles. The molecule has 1 unspecified atom stereocenters. The van der Waals surface area contributed by atoms with E-state index in [0.29, 0.717) is 17.2 Å². The van der Waals surface area contributed by atoms with Gasteiger partial charge in [0.15, 0.2) is 11.5 Å². The monoisotopic (exact) mass is 330 g/mol. The van der Waals surface area contributed by atoms with Crippen LogP contribution in [0.3, 0.4) is 0 Å². The summed E-state index contributed by atoms with van der Waals surface area (Å²) in [4.78, 5) is 12.3. The first-order valence-corrected chi connectivity index (χ1v) is 7.47. The Hall–Kier alpha value is -2.73. The maximum Gasteiger partial charge on any atom is 0.241 e. The van der Waals surface area contributed by atoms with Gasteiger partial charge in [-0.15, -0.1) is 0 Å². The van der Waals surface area contributed by atoms with Gasteiger partial charge in [0.05, 0.1) is 21.3 Å². The molecule has 1 atom stereocenters. The highest BCUT2D eigenvalue weighted by atomic mass is 16.5. The molecule has 2 rings (SSSR count). The van der Waals surface area contributed by atoms with Crippen LogP contribution in [0.2, 0.25) is 0 Å². The van der Waals surface area contributed by atoms with E-state index in [4.69, 9.17) is 19.9 Å². The number of carbonyl (C=O) groups excluding carboxylic acids is 1. The Bertz CT molecular complexity index is 689. The van der Waals surface area contributed by atoms with Gasteiger partial charge in [0.1, 0.15) is 11.8 Å². The molecule has 6 nitrogen and oxygen atoms in total. The minimum Gasteiger partial charge on any atom is -0.496 e. The zero-order valence-corrected chi connectivity index (χ0v) is 14.0. The van der Waals surface area contributed by atoms with Crippen molar-refractivity contribution in [1.82, 2.24) is 5.32 Å². The van der Waals surface area contributed by atoms with Gasteiger partial charge in [-0.25, -0.2) is 0 Å². The van der Waals surface area contributed by atoms with Crippen LogP contribution in [0.25, 0.3) is 0 Å². The summed E-state index contributed by atoms with van der Waals surface area (Å²) in [6.07, 6.45) is 0. The Balaban J connectivity index is 2.12. The number of hydrogen-bond donors (Lipinski definition) is 2. The minimum absolute atomic E-state index is 0.266. The van der Waals surface area contributed by atoms with Crippen molar-refractivity contribution >= 4 is 5.91 Å². The average molecular weight is 330 g/mol. The summed E-state index contributed by atoms with van der Waals surface area (Å²) in [5.41, 5.74) is 7.51. The number of amides is 1. The summed E-state index contributed by atoms with van der Waals surface area (Å²) < 4.78 is 15.9. The maximum atomic E-state index is 12.3. The van der Waals surface area contributed by atoms with Crippen molar-refractivity contribution in [3.63, 3.8) is 0 Å². The lowest BCUT2D eigenvalue weighted by Crippen LogP contribution is -2.33. The molecule has 0 bridgehead atoms. The first kappa shape index (κ1) is 17.6.